The predicted molar refractivity (Wildman–Crippen MR) is 153 cm³/mol. The van der Waals surface area contributed by atoms with Gasteiger partial charge in [0.2, 0.25) is 0 Å². The van der Waals surface area contributed by atoms with Gasteiger partial charge in [-0.15, -0.1) is 5.10 Å². The van der Waals surface area contributed by atoms with Crippen LogP contribution in [0.4, 0.5) is 11.6 Å². The number of hydrogen-bond acceptors (Lipinski definition) is 7. The summed E-state index contributed by atoms with van der Waals surface area (Å²) >= 11 is 0. The highest BCUT2D eigenvalue weighted by atomic mass is 16.1. The number of anilines is 2. The molecule has 1 aliphatic rings. The average Bonchev–Trinajstić information content (AvgIpc) is 3.53. The molecule has 0 bridgehead atoms. The molecule has 0 spiro atoms. The van der Waals surface area contributed by atoms with E-state index in [0.717, 1.165) is 45.7 Å². The molecule has 2 aromatic carbocycles. The van der Waals surface area contributed by atoms with Crippen LogP contribution in [0.15, 0.2) is 66.9 Å². The van der Waals surface area contributed by atoms with Crippen LogP contribution in [0.25, 0.3) is 28.5 Å². The van der Waals surface area contributed by atoms with Crippen LogP contribution in [0.3, 0.4) is 0 Å². The van der Waals surface area contributed by atoms with E-state index in [9.17, 15) is 4.79 Å². The summed E-state index contributed by atoms with van der Waals surface area (Å²) in [7, 11) is 1.88. The number of nitrogen functional groups attached to an aromatic ring is 1. The van der Waals surface area contributed by atoms with E-state index in [1.807, 2.05) is 61.8 Å². The van der Waals surface area contributed by atoms with Crippen LogP contribution in [0.2, 0.25) is 0 Å². The van der Waals surface area contributed by atoms with Gasteiger partial charge in [-0.2, -0.15) is 5.10 Å². The van der Waals surface area contributed by atoms with E-state index in [0.29, 0.717) is 12.4 Å². The molecule has 39 heavy (non-hydrogen) atoms. The Morgan fingerprint density at radius 3 is 2.59 bits per heavy atom. The van der Waals surface area contributed by atoms with E-state index in [4.69, 9.17) is 21.4 Å². The minimum atomic E-state index is -0.568. The Hall–Kier alpha value is -5.43. The van der Waals surface area contributed by atoms with Crippen molar-refractivity contribution in [1.29, 1.82) is 0 Å². The molecule has 0 saturated carbocycles. The third-order valence-electron chi connectivity index (χ3n) is 6.01. The van der Waals surface area contributed by atoms with E-state index in [1.165, 1.54) is 4.68 Å². The van der Waals surface area contributed by atoms with Crippen LogP contribution in [0.5, 0.6) is 0 Å². The zero-order valence-corrected chi connectivity index (χ0v) is 21.6. The van der Waals surface area contributed by atoms with Crippen molar-refractivity contribution in [2.75, 3.05) is 17.6 Å². The highest BCUT2D eigenvalue weighted by molar-refractivity contribution is 6.02. The van der Waals surface area contributed by atoms with E-state index in [1.54, 1.807) is 10.9 Å². The van der Waals surface area contributed by atoms with E-state index < -0.39 is 5.91 Å². The SMILES string of the molecule is CCc1nc2cccc(C#Cc3ccn(C)n3)c2nc1-c1ccccc1.NC(=O)c1c(N)nn2c1NCC=C2. The summed E-state index contributed by atoms with van der Waals surface area (Å²) in [4.78, 5) is 20.8. The molecule has 6 rings (SSSR count). The number of nitrogens with two attached hydrogens (primary N) is 2. The standard InChI is InChI=1S/C22H18N4.C7H9N5O/c1-3-19-21(16-8-5-4-6-9-16)24-22-17(10-7-11-20(22)23-19)12-13-18-14-15-26(2)25-18;8-5-4(6(9)13)7-10-2-1-3-12(7)11-5/h4-11,14-15H,3H2,1-2H3;1,3,10H,2H2,(H2,8,11)(H2,9,13). The van der Waals surface area contributed by atoms with Crippen molar-refractivity contribution in [2.24, 2.45) is 12.8 Å². The van der Waals surface area contributed by atoms with Crippen LogP contribution >= 0.6 is 0 Å². The van der Waals surface area contributed by atoms with Crippen molar-refractivity contribution in [1.82, 2.24) is 29.5 Å². The van der Waals surface area contributed by atoms with Crippen molar-refractivity contribution in [2.45, 2.75) is 13.3 Å². The summed E-state index contributed by atoms with van der Waals surface area (Å²) in [5.41, 5.74) is 17.2. The summed E-state index contributed by atoms with van der Waals surface area (Å²) in [5.74, 6) is 6.47. The highest BCUT2D eigenvalue weighted by Gasteiger charge is 2.20. The number of hydrogen-bond donors (Lipinski definition) is 3. The molecular formula is C29H27N9O. The number of rotatable bonds is 3. The second-order valence-corrected chi connectivity index (χ2v) is 8.72. The molecule has 10 nitrogen and oxygen atoms in total. The van der Waals surface area contributed by atoms with Crippen LogP contribution in [0.1, 0.15) is 34.2 Å². The number of primary amides is 1. The molecule has 0 unspecified atom stereocenters. The maximum absolute atomic E-state index is 11.0. The lowest BCUT2D eigenvalue weighted by atomic mass is 10.1. The van der Waals surface area contributed by atoms with Crippen molar-refractivity contribution in [3.63, 3.8) is 0 Å². The smallest absolute Gasteiger partial charge is 0.256 e. The summed E-state index contributed by atoms with van der Waals surface area (Å²) in [6.45, 7) is 2.75. The second-order valence-electron chi connectivity index (χ2n) is 8.72. The topological polar surface area (TPSA) is 143 Å². The number of benzene rings is 2. The van der Waals surface area contributed by atoms with Crippen molar-refractivity contribution in [3.8, 4) is 23.1 Å². The Labute approximate surface area is 225 Å². The normalized spacial score (nSPS) is 11.5. The second kappa shape index (κ2) is 10.9. The zero-order chi connectivity index (χ0) is 27.4. The Bertz CT molecular complexity index is 1750. The number of para-hydroxylation sites is 1. The maximum Gasteiger partial charge on any atom is 0.256 e. The molecule has 4 heterocycles. The predicted octanol–water partition coefficient (Wildman–Crippen LogP) is 3.45. The fourth-order valence-corrected chi connectivity index (χ4v) is 4.18. The van der Waals surface area contributed by atoms with Gasteiger partial charge in [0.15, 0.2) is 5.82 Å². The van der Waals surface area contributed by atoms with Crippen LogP contribution in [-0.2, 0) is 13.5 Å². The molecule has 0 saturated heterocycles. The van der Waals surface area contributed by atoms with Gasteiger partial charge in [0.1, 0.15) is 22.6 Å². The van der Waals surface area contributed by atoms with E-state index >= 15 is 0 Å². The monoisotopic (exact) mass is 517 g/mol. The summed E-state index contributed by atoms with van der Waals surface area (Å²) in [6.07, 6.45) is 6.31. The molecular weight excluding hydrogens is 490 g/mol. The number of nitrogens with zero attached hydrogens (tertiary/aromatic N) is 6. The molecule has 0 atom stereocenters. The molecule has 0 radical (unpaired) electrons. The Morgan fingerprint density at radius 1 is 1.05 bits per heavy atom. The number of fused-ring (bicyclic) bond motifs is 2. The molecule has 5 N–H and O–H groups in total. The molecule has 194 valence electrons. The van der Waals surface area contributed by atoms with Gasteiger partial charge in [-0.3, -0.25) is 9.48 Å². The van der Waals surface area contributed by atoms with Crippen molar-refractivity contribution < 1.29 is 4.79 Å². The number of nitrogens with one attached hydrogen (secondary N) is 1. The van der Waals surface area contributed by atoms with Gasteiger partial charge >= 0.3 is 0 Å². The molecule has 10 heteroatoms. The van der Waals surface area contributed by atoms with Gasteiger partial charge in [0.05, 0.1) is 22.5 Å². The average molecular weight is 518 g/mol. The largest absolute Gasteiger partial charge is 0.381 e. The Balaban J connectivity index is 0.000000198. The first-order chi connectivity index (χ1) is 18.9. The van der Waals surface area contributed by atoms with Gasteiger partial charge in [-0.05, 0) is 36.6 Å². The first kappa shape index (κ1) is 25.2. The first-order valence-electron chi connectivity index (χ1n) is 12.4. The number of amides is 1. The minimum absolute atomic E-state index is 0.154. The lowest BCUT2D eigenvalue weighted by molar-refractivity contribution is 0.100. The minimum Gasteiger partial charge on any atom is -0.381 e. The van der Waals surface area contributed by atoms with Crippen molar-refractivity contribution >= 4 is 34.8 Å². The van der Waals surface area contributed by atoms with Crippen molar-refractivity contribution in [3.05, 3.63) is 89.4 Å². The number of carbonyl (C=O) groups excluding carboxylic acids is 1. The number of aryl methyl sites for hydroxylation is 2. The van der Waals surface area contributed by atoms with Gasteiger partial charge in [0.25, 0.3) is 5.91 Å². The summed E-state index contributed by atoms with van der Waals surface area (Å²) in [5, 5.41) is 11.2. The van der Waals surface area contributed by atoms with Crippen LogP contribution in [0, 0.1) is 11.8 Å². The fourth-order valence-electron chi connectivity index (χ4n) is 4.18. The summed E-state index contributed by atoms with van der Waals surface area (Å²) < 4.78 is 3.24. The quantitative estimate of drug-likeness (QED) is 0.311. The van der Waals surface area contributed by atoms with Crippen LogP contribution < -0.4 is 16.8 Å². The maximum atomic E-state index is 11.0. The lowest BCUT2D eigenvalue weighted by Gasteiger charge is -2.09. The van der Waals surface area contributed by atoms with Gasteiger partial charge in [0, 0.05) is 31.6 Å². The number of aromatic nitrogens is 6. The molecule has 3 aromatic heterocycles. The third kappa shape index (κ3) is 5.33. The van der Waals surface area contributed by atoms with Gasteiger partial charge < -0.3 is 16.8 Å². The molecule has 5 aromatic rings. The Morgan fingerprint density at radius 2 is 1.87 bits per heavy atom. The number of carbonyl (C=O) groups is 1. The molecule has 0 aliphatic carbocycles. The molecule has 0 fully saturated rings. The van der Waals surface area contributed by atoms with Gasteiger partial charge in [-0.1, -0.05) is 49.2 Å². The molecule has 1 amide bonds. The molecule has 1 aliphatic heterocycles. The Kier molecular flexibility index (Phi) is 7.05. The van der Waals surface area contributed by atoms with E-state index in [-0.39, 0.29) is 11.4 Å². The van der Waals surface area contributed by atoms with Gasteiger partial charge in [-0.25, -0.2) is 14.6 Å². The van der Waals surface area contributed by atoms with Crippen LogP contribution in [-0.4, -0.2) is 42.0 Å². The highest BCUT2D eigenvalue weighted by Crippen LogP contribution is 2.25. The van der Waals surface area contributed by atoms with E-state index in [2.05, 4.69) is 46.4 Å². The lowest BCUT2D eigenvalue weighted by Crippen LogP contribution is -2.17. The summed E-state index contributed by atoms with van der Waals surface area (Å²) in [6, 6.07) is 18.0. The first-order valence-corrected chi connectivity index (χ1v) is 12.4. The third-order valence-corrected chi connectivity index (χ3v) is 6.01. The fraction of sp³-hybridized carbons (Fsp3) is 0.138. The zero-order valence-electron chi connectivity index (χ0n) is 21.6.